The van der Waals surface area contributed by atoms with Crippen LogP contribution in [0.3, 0.4) is 0 Å². The fourth-order valence-electron chi connectivity index (χ4n) is 4.31. The predicted octanol–water partition coefficient (Wildman–Crippen LogP) is 5.38. The highest BCUT2D eigenvalue weighted by Crippen LogP contribution is 2.33. The van der Waals surface area contributed by atoms with Crippen molar-refractivity contribution in [3.63, 3.8) is 0 Å². The highest BCUT2D eigenvalue weighted by molar-refractivity contribution is 5.94. The van der Waals surface area contributed by atoms with Crippen LogP contribution in [0.5, 0.6) is 0 Å². The van der Waals surface area contributed by atoms with E-state index in [2.05, 4.69) is 66.3 Å². The van der Waals surface area contributed by atoms with Crippen molar-refractivity contribution in [3.05, 3.63) is 54.5 Å². The summed E-state index contributed by atoms with van der Waals surface area (Å²) in [5.41, 5.74) is 5.58. The smallest absolute Gasteiger partial charge is 0.410 e. The number of aryl methyl sites for hydroxylation is 1. The number of benzene rings is 1. The van der Waals surface area contributed by atoms with Crippen molar-refractivity contribution in [2.75, 3.05) is 27.2 Å². The third-order valence-electron chi connectivity index (χ3n) is 6.27. The molecule has 1 amide bonds. The van der Waals surface area contributed by atoms with Gasteiger partial charge in [-0.2, -0.15) is 10.2 Å². The second kappa shape index (κ2) is 10.9. The summed E-state index contributed by atoms with van der Waals surface area (Å²) >= 11 is 0. The van der Waals surface area contributed by atoms with Gasteiger partial charge in [-0.15, -0.1) is 0 Å². The van der Waals surface area contributed by atoms with Gasteiger partial charge in [0.2, 0.25) is 0 Å². The Morgan fingerprint density at radius 1 is 1.05 bits per heavy atom. The van der Waals surface area contributed by atoms with Crippen LogP contribution in [0, 0.1) is 0 Å². The minimum atomic E-state index is -0.501. The number of hydrogen-bond acceptors (Lipinski definition) is 6. The van der Waals surface area contributed by atoms with Gasteiger partial charge in [0, 0.05) is 62.5 Å². The van der Waals surface area contributed by atoms with Gasteiger partial charge in [0.25, 0.3) is 0 Å². The van der Waals surface area contributed by atoms with Gasteiger partial charge in [-0.3, -0.25) is 4.68 Å². The molecule has 0 aliphatic rings. The van der Waals surface area contributed by atoms with E-state index in [1.807, 2.05) is 55.8 Å². The van der Waals surface area contributed by atoms with E-state index in [9.17, 15) is 4.79 Å². The molecule has 3 heterocycles. The number of likely N-dealkylation sites (N-methyl/N-ethyl adjacent to an activating group) is 2. The van der Waals surface area contributed by atoms with Crippen molar-refractivity contribution in [1.29, 1.82) is 0 Å². The highest BCUT2D eigenvalue weighted by Gasteiger charge is 2.20. The first kappa shape index (κ1) is 27.3. The van der Waals surface area contributed by atoms with Crippen molar-refractivity contribution >= 4 is 17.1 Å². The molecule has 0 radical (unpaired) electrons. The van der Waals surface area contributed by atoms with E-state index in [-0.39, 0.29) is 12.1 Å². The zero-order valence-electron chi connectivity index (χ0n) is 23.8. The summed E-state index contributed by atoms with van der Waals surface area (Å²) in [4.78, 5) is 21.1. The lowest BCUT2D eigenvalue weighted by atomic mass is 10.0. The molecular formula is C29H39N7O2. The van der Waals surface area contributed by atoms with Crippen LogP contribution in [0.25, 0.3) is 33.4 Å². The molecule has 202 valence electrons. The average Bonchev–Trinajstić information content (AvgIpc) is 3.47. The van der Waals surface area contributed by atoms with E-state index in [4.69, 9.17) is 9.72 Å². The lowest BCUT2D eigenvalue weighted by Crippen LogP contribution is -2.38. The maximum atomic E-state index is 12.3. The molecule has 0 unspecified atom stereocenters. The minimum Gasteiger partial charge on any atom is -0.444 e. The van der Waals surface area contributed by atoms with E-state index < -0.39 is 5.60 Å². The molecule has 0 spiro atoms. The van der Waals surface area contributed by atoms with Gasteiger partial charge < -0.3 is 14.5 Å². The van der Waals surface area contributed by atoms with E-state index in [1.54, 1.807) is 11.9 Å². The molecular weight excluding hydrogens is 478 g/mol. The number of amides is 1. The Kier molecular flexibility index (Phi) is 7.87. The number of nitrogens with zero attached hydrogens (tertiary/aromatic N) is 7. The Hall–Kier alpha value is -3.72. The van der Waals surface area contributed by atoms with Crippen molar-refractivity contribution in [1.82, 2.24) is 34.3 Å². The zero-order chi connectivity index (χ0) is 27.6. The van der Waals surface area contributed by atoms with Gasteiger partial charge in [0.1, 0.15) is 5.60 Å². The van der Waals surface area contributed by atoms with Crippen molar-refractivity contribution < 1.29 is 9.53 Å². The molecule has 3 aromatic heterocycles. The number of hydrogen-bond donors (Lipinski definition) is 0. The van der Waals surface area contributed by atoms with E-state index in [0.717, 1.165) is 46.5 Å². The molecule has 0 fully saturated rings. The molecule has 0 atom stereocenters. The third-order valence-corrected chi connectivity index (χ3v) is 6.27. The maximum absolute atomic E-state index is 12.3. The molecule has 9 heteroatoms. The highest BCUT2D eigenvalue weighted by atomic mass is 16.6. The van der Waals surface area contributed by atoms with Crippen LogP contribution in [0.1, 0.15) is 46.2 Å². The largest absolute Gasteiger partial charge is 0.444 e. The topological polar surface area (TPSA) is 81.3 Å². The fraction of sp³-hybridized carbons (Fsp3) is 0.448. The zero-order valence-corrected chi connectivity index (χ0v) is 23.8. The minimum absolute atomic E-state index is 0.191. The lowest BCUT2D eigenvalue weighted by Gasteiger charge is -2.26. The molecule has 1 aromatic carbocycles. The molecule has 0 bridgehead atoms. The Labute approximate surface area is 225 Å². The summed E-state index contributed by atoms with van der Waals surface area (Å²) in [5.74, 6) is 0. The Balaban J connectivity index is 1.56. The van der Waals surface area contributed by atoms with Crippen LogP contribution in [0.15, 0.2) is 48.9 Å². The van der Waals surface area contributed by atoms with Crippen LogP contribution in [0.4, 0.5) is 4.79 Å². The fourth-order valence-corrected chi connectivity index (χ4v) is 4.31. The Bertz CT molecular complexity index is 1410. The van der Waals surface area contributed by atoms with Gasteiger partial charge in [0.05, 0.1) is 18.1 Å². The normalized spacial score (nSPS) is 12.1. The van der Waals surface area contributed by atoms with Gasteiger partial charge >= 0.3 is 6.09 Å². The number of aromatic nitrogens is 5. The molecule has 0 aliphatic carbocycles. The van der Waals surface area contributed by atoms with Crippen LogP contribution in [-0.2, 0) is 18.3 Å². The summed E-state index contributed by atoms with van der Waals surface area (Å²) < 4.78 is 9.24. The summed E-state index contributed by atoms with van der Waals surface area (Å²) in [7, 11) is 5.75. The third kappa shape index (κ3) is 6.39. The molecule has 0 N–H and O–H groups in total. The van der Waals surface area contributed by atoms with Crippen LogP contribution in [-0.4, -0.2) is 73.2 Å². The number of pyridine rings is 1. The molecule has 38 heavy (non-hydrogen) atoms. The second-order valence-corrected chi connectivity index (χ2v) is 11.2. The number of carbonyl (C=O) groups is 1. The number of carbonyl (C=O) groups excluding carboxylic acids is 1. The maximum Gasteiger partial charge on any atom is 0.410 e. The van der Waals surface area contributed by atoms with Crippen molar-refractivity contribution in [2.45, 2.75) is 52.8 Å². The van der Waals surface area contributed by atoms with Crippen molar-refractivity contribution in [2.24, 2.45) is 7.05 Å². The summed E-state index contributed by atoms with van der Waals surface area (Å²) in [6, 6.07) is 10.8. The van der Waals surface area contributed by atoms with Gasteiger partial charge in [-0.25, -0.2) is 14.5 Å². The van der Waals surface area contributed by atoms with E-state index in [0.29, 0.717) is 6.54 Å². The summed E-state index contributed by atoms with van der Waals surface area (Å²) in [5, 5.41) is 10.0. The number of fused-ring (bicyclic) bond motifs is 1. The first-order chi connectivity index (χ1) is 17.9. The molecule has 4 aromatic rings. The van der Waals surface area contributed by atoms with Crippen molar-refractivity contribution in [3.8, 4) is 22.4 Å². The van der Waals surface area contributed by atoms with Crippen LogP contribution in [0.2, 0.25) is 0 Å². The second-order valence-electron chi connectivity index (χ2n) is 11.2. The predicted molar refractivity (Wildman–Crippen MR) is 151 cm³/mol. The molecule has 9 nitrogen and oxygen atoms in total. The van der Waals surface area contributed by atoms with Crippen LogP contribution >= 0.6 is 0 Å². The van der Waals surface area contributed by atoms with Gasteiger partial charge in [0.15, 0.2) is 5.65 Å². The first-order valence-electron chi connectivity index (χ1n) is 13.0. The standard InChI is InChI=1S/C29H39N7O2/c1-20(2)36-27-25(17-31-36)24(23-16-30-35(8)19-23)15-26(32-27)22-11-9-10-21(14-22)18-33(6)12-13-34(7)28(37)38-29(3,4)5/h9-11,14-17,19-20H,12-13,18H2,1-8H3. The van der Waals surface area contributed by atoms with Gasteiger partial charge in [-0.1, -0.05) is 18.2 Å². The van der Waals surface area contributed by atoms with E-state index >= 15 is 0 Å². The quantitative estimate of drug-likeness (QED) is 0.312. The SMILES string of the molecule is CC(C)n1ncc2c(-c3cnn(C)c3)cc(-c3cccc(CN(C)CCN(C)C(=O)OC(C)(C)C)c3)nc21. The average molecular weight is 518 g/mol. The summed E-state index contributed by atoms with van der Waals surface area (Å²) in [6.45, 7) is 11.9. The number of ether oxygens (including phenoxy) is 1. The first-order valence-corrected chi connectivity index (χ1v) is 13.0. The monoisotopic (exact) mass is 517 g/mol. The number of rotatable bonds is 8. The Morgan fingerprint density at radius 3 is 2.47 bits per heavy atom. The molecule has 4 rings (SSSR count). The van der Waals surface area contributed by atoms with E-state index in [1.165, 1.54) is 5.56 Å². The van der Waals surface area contributed by atoms with Gasteiger partial charge in [-0.05, 0) is 64.9 Å². The molecule has 0 saturated heterocycles. The molecule has 0 saturated carbocycles. The summed E-state index contributed by atoms with van der Waals surface area (Å²) in [6.07, 6.45) is 5.49. The Morgan fingerprint density at radius 2 is 1.82 bits per heavy atom. The van der Waals surface area contributed by atoms with Crippen LogP contribution < -0.4 is 0 Å². The lowest BCUT2D eigenvalue weighted by molar-refractivity contribution is 0.0286. The molecule has 0 aliphatic heterocycles.